The highest BCUT2D eigenvalue weighted by Gasteiger charge is 2.44. The molecule has 1 aliphatic carbocycles. The number of anilines is 1. The highest BCUT2D eigenvalue weighted by atomic mass is 19.4. The van der Waals surface area contributed by atoms with Crippen LogP contribution in [-0.4, -0.2) is 53.2 Å². The Balaban J connectivity index is 2.32. The maximum Gasteiger partial charge on any atom is 0.422 e. The summed E-state index contributed by atoms with van der Waals surface area (Å²) in [4.78, 5) is 33.1. The number of hydrogen-bond acceptors (Lipinski definition) is 8. The number of halogens is 3. The molecule has 0 aliphatic heterocycles. The Hall–Kier alpha value is -2.43. The number of ether oxygens (including phenoxy) is 2. The van der Waals surface area contributed by atoms with Crippen molar-refractivity contribution < 1.29 is 32.2 Å². The fraction of sp³-hybridized carbons (Fsp3) is 0.700. The lowest BCUT2D eigenvalue weighted by molar-refractivity contribution is -0.154. The predicted octanol–water partition coefficient (Wildman–Crippen LogP) is 3.26. The van der Waals surface area contributed by atoms with E-state index >= 15 is 0 Å². The molecule has 0 saturated heterocycles. The first-order valence-corrected chi connectivity index (χ1v) is 10.3. The first-order chi connectivity index (χ1) is 14.5. The molecular weight excluding hydrogens is 417 g/mol. The maximum absolute atomic E-state index is 12.9. The van der Waals surface area contributed by atoms with E-state index in [4.69, 9.17) is 15.2 Å². The number of ketones is 1. The van der Waals surface area contributed by atoms with Crippen LogP contribution in [0.3, 0.4) is 0 Å². The fourth-order valence-electron chi connectivity index (χ4n) is 3.55. The molecule has 1 aromatic heterocycles. The molecule has 11 heteroatoms. The van der Waals surface area contributed by atoms with Gasteiger partial charge in [-0.3, -0.25) is 9.59 Å². The van der Waals surface area contributed by atoms with Gasteiger partial charge in [0.25, 0.3) is 5.88 Å². The van der Waals surface area contributed by atoms with Gasteiger partial charge in [0.1, 0.15) is 11.2 Å². The predicted molar refractivity (Wildman–Crippen MR) is 107 cm³/mol. The quantitative estimate of drug-likeness (QED) is 0.439. The van der Waals surface area contributed by atoms with Crippen LogP contribution in [0.15, 0.2) is 6.20 Å². The molecule has 0 amide bonds. The molecule has 2 unspecified atom stereocenters. The largest absolute Gasteiger partial charge is 0.468 e. The third-order valence-corrected chi connectivity index (χ3v) is 5.63. The summed E-state index contributed by atoms with van der Waals surface area (Å²) < 4.78 is 47.7. The van der Waals surface area contributed by atoms with E-state index in [1.54, 1.807) is 6.92 Å². The van der Waals surface area contributed by atoms with Crippen LogP contribution in [0.5, 0.6) is 5.88 Å². The average Bonchev–Trinajstić information content (AvgIpc) is 2.76. The van der Waals surface area contributed by atoms with E-state index in [1.165, 1.54) is 6.92 Å². The fourth-order valence-corrected chi connectivity index (χ4v) is 3.55. The molecule has 2 rings (SSSR count). The van der Waals surface area contributed by atoms with Crippen LogP contribution in [0.1, 0.15) is 62.9 Å². The van der Waals surface area contributed by atoms with Gasteiger partial charge in [0.15, 0.2) is 18.2 Å². The first kappa shape index (κ1) is 24.8. The van der Waals surface area contributed by atoms with E-state index in [1.807, 2.05) is 0 Å². The number of nitrogens with one attached hydrogen (secondary N) is 1. The number of carbonyl (C=O) groups is 2. The molecule has 0 spiro atoms. The van der Waals surface area contributed by atoms with Crippen LogP contribution < -0.4 is 15.8 Å². The molecule has 1 aromatic rings. The number of alkyl halides is 3. The van der Waals surface area contributed by atoms with Crippen molar-refractivity contribution in [3.05, 3.63) is 11.9 Å². The molecule has 2 atom stereocenters. The van der Waals surface area contributed by atoms with Crippen LogP contribution in [-0.2, 0) is 9.53 Å². The van der Waals surface area contributed by atoms with E-state index in [-0.39, 0.29) is 24.0 Å². The number of nitrogens with two attached hydrogens (primary N) is 1. The summed E-state index contributed by atoms with van der Waals surface area (Å²) in [6, 6.07) is 0.0351. The molecule has 0 bridgehead atoms. The Kier molecular flexibility index (Phi) is 8.21. The number of Topliss-reactive ketones (excluding diaryl/α,β-unsaturated/α-hetero) is 1. The van der Waals surface area contributed by atoms with Crippen molar-refractivity contribution in [2.45, 2.75) is 70.1 Å². The highest BCUT2D eigenvalue weighted by Crippen LogP contribution is 2.29. The smallest absolute Gasteiger partial charge is 0.422 e. The number of methoxy groups -OCH3 is 1. The van der Waals surface area contributed by atoms with Crippen molar-refractivity contribution in [2.24, 2.45) is 11.7 Å². The van der Waals surface area contributed by atoms with Gasteiger partial charge in [0, 0.05) is 6.04 Å². The molecule has 3 N–H and O–H groups in total. The highest BCUT2D eigenvalue weighted by molar-refractivity contribution is 6.00. The normalized spacial score (nSPS) is 18.0. The minimum atomic E-state index is -4.59. The van der Waals surface area contributed by atoms with Crippen molar-refractivity contribution in [1.29, 1.82) is 0 Å². The Bertz CT molecular complexity index is 784. The molecule has 1 aliphatic rings. The molecule has 1 heterocycles. The summed E-state index contributed by atoms with van der Waals surface area (Å²) in [7, 11) is 1.16. The van der Waals surface area contributed by atoms with Gasteiger partial charge in [-0.05, 0) is 19.3 Å². The zero-order valence-electron chi connectivity index (χ0n) is 17.9. The molecule has 1 fully saturated rings. The number of rotatable bonds is 9. The van der Waals surface area contributed by atoms with Crippen LogP contribution in [0.4, 0.5) is 19.0 Å². The molecule has 1 saturated carbocycles. The second kappa shape index (κ2) is 10.3. The monoisotopic (exact) mass is 446 g/mol. The summed E-state index contributed by atoms with van der Waals surface area (Å²) >= 11 is 0. The standard InChI is InChI=1S/C20H29F3N4O4/c1-4-19(24,18(29)30-3)12(2)15(28)14-10-25-16(26-13-8-6-5-7-9-13)17(27-14)31-11-20(21,22)23/h10,12-13H,4-9,11,24H2,1-3H3,(H,25,26). The number of aromatic nitrogens is 2. The topological polar surface area (TPSA) is 116 Å². The zero-order chi connectivity index (χ0) is 23.2. The zero-order valence-corrected chi connectivity index (χ0v) is 17.9. The summed E-state index contributed by atoms with van der Waals surface area (Å²) in [5.74, 6) is -2.84. The van der Waals surface area contributed by atoms with Gasteiger partial charge in [0.2, 0.25) is 0 Å². The number of hydrogen-bond donors (Lipinski definition) is 2. The third-order valence-electron chi connectivity index (χ3n) is 5.63. The third kappa shape index (κ3) is 6.28. The van der Waals surface area contributed by atoms with Crippen molar-refractivity contribution in [2.75, 3.05) is 19.0 Å². The van der Waals surface area contributed by atoms with E-state index < -0.39 is 41.9 Å². The second-order valence-corrected chi connectivity index (χ2v) is 7.76. The Morgan fingerprint density at radius 1 is 1.29 bits per heavy atom. The molecule has 31 heavy (non-hydrogen) atoms. The van der Waals surface area contributed by atoms with Crippen LogP contribution in [0.25, 0.3) is 0 Å². The lowest BCUT2D eigenvalue weighted by atomic mass is 9.80. The van der Waals surface area contributed by atoms with Gasteiger partial charge in [-0.1, -0.05) is 33.1 Å². The Labute approximate surface area is 179 Å². The van der Waals surface area contributed by atoms with Gasteiger partial charge < -0.3 is 20.5 Å². The summed E-state index contributed by atoms with van der Waals surface area (Å²) in [6.45, 7) is 1.49. The molecule has 0 radical (unpaired) electrons. The number of esters is 1. The first-order valence-electron chi connectivity index (χ1n) is 10.3. The van der Waals surface area contributed by atoms with Crippen LogP contribution in [0, 0.1) is 5.92 Å². The van der Waals surface area contributed by atoms with Crippen molar-refractivity contribution in [1.82, 2.24) is 9.97 Å². The lowest BCUT2D eigenvalue weighted by Gasteiger charge is -2.30. The van der Waals surface area contributed by atoms with Gasteiger partial charge in [-0.25, -0.2) is 9.97 Å². The van der Waals surface area contributed by atoms with Gasteiger partial charge >= 0.3 is 12.1 Å². The average molecular weight is 446 g/mol. The minimum Gasteiger partial charge on any atom is -0.468 e. The van der Waals surface area contributed by atoms with Gasteiger partial charge in [-0.15, -0.1) is 0 Å². The van der Waals surface area contributed by atoms with Crippen molar-refractivity contribution >= 4 is 17.6 Å². The van der Waals surface area contributed by atoms with Crippen LogP contribution >= 0.6 is 0 Å². The van der Waals surface area contributed by atoms with Gasteiger partial charge in [-0.2, -0.15) is 13.2 Å². The SMILES string of the molecule is CCC(N)(C(=O)OC)C(C)C(=O)c1cnc(NC2CCCCC2)c(OCC(F)(F)F)n1. The molecule has 8 nitrogen and oxygen atoms in total. The Morgan fingerprint density at radius 2 is 1.94 bits per heavy atom. The number of nitrogens with zero attached hydrogens (tertiary/aromatic N) is 2. The summed E-state index contributed by atoms with van der Waals surface area (Å²) in [6.07, 6.45) is 1.48. The minimum absolute atomic E-state index is 0.0351. The van der Waals surface area contributed by atoms with Crippen molar-refractivity contribution in [3.63, 3.8) is 0 Å². The van der Waals surface area contributed by atoms with E-state index in [0.29, 0.717) is 0 Å². The lowest BCUT2D eigenvalue weighted by Crippen LogP contribution is -2.55. The molecule has 0 aromatic carbocycles. The molecule has 174 valence electrons. The Morgan fingerprint density at radius 3 is 2.48 bits per heavy atom. The summed E-state index contributed by atoms with van der Waals surface area (Å²) in [5.41, 5.74) is 4.25. The van der Waals surface area contributed by atoms with Gasteiger partial charge in [0.05, 0.1) is 19.2 Å². The number of carbonyl (C=O) groups excluding carboxylic acids is 2. The van der Waals surface area contributed by atoms with Crippen LogP contribution in [0.2, 0.25) is 0 Å². The van der Waals surface area contributed by atoms with E-state index in [0.717, 1.165) is 45.4 Å². The van der Waals surface area contributed by atoms with E-state index in [9.17, 15) is 22.8 Å². The summed E-state index contributed by atoms with van der Waals surface area (Å²) in [5, 5.41) is 3.07. The molecular formula is C20H29F3N4O4. The maximum atomic E-state index is 12.9. The van der Waals surface area contributed by atoms with Crippen molar-refractivity contribution in [3.8, 4) is 5.88 Å². The van der Waals surface area contributed by atoms with E-state index in [2.05, 4.69) is 15.3 Å². The second-order valence-electron chi connectivity index (χ2n) is 7.76.